The molecule has 0 bridgehead atoms. The number of benzene rings is 4. The smallest absolute Gasteiger partial charge is 0.0406 e. The lowest BCUT2D eigenvalue weighted by Crippen LogP contribution is -1.89. The van der Waals surface area contributed by atoms with E-state index in [1.807, 2.05) is 18.2 Å². The van der Waals surface area contributed by atoms with Crippen LogP contribution in [0.4, 0.5) is 0 Å². The third-order valence-corrected chi connectivity index (χ3v) is 5.60. The third-order valence-electron chi connectivity index (χ3n) is 4.70. The molecule has 132 valence electrons. The summed E-state index contributed by atoms with van der Waals surface area (Å²) in [6.07, 6.45) is 0. The van der Waals surface area contributed by atoms with Gasteiger partial charge in [0.1, 0.15) is 0 Å². The van der Waals surface area contributed by atoms with Crippen molar-refractivity contribution >= 4 is 27.5 Å². The maximum atomic E-state index is 6.07. The van der Waals surface area contributed by atoms with Crippen molar-refractivity contribution in [1.82, 2.24) is 0 Å². The van der Waals surface area contributed by atoms with Crippen LogP contribution in [0.15, 0.2) is 95.5 Å². The van der Waals surface area contributed by atoms with Crippen molar-refractivity contribution in [3.05, 3.63) is 106 Å². The molecule has 0 amide bonds. The number of halogens is 2. The normalized spacial score (nSPS) is 10.8. The average molecular weight is 434 g/mol. The van der Waals surface area contributed by atoms with Crippen molar-refractivity contribution < 1.29 is 0 Å². The molecule has 0 saturated carbocycles. The molecule has 0 nitrogen and oxygen atoms in total. The lowest BCUT2D eigenvalue weighted by atomic mass is 9.92. The Balaban J connectivity index is 1.84. The second kappa shape index (κ2) is 7.72. The van der Waals surface area contributed by atoms with Crippen LogP contribution >= 0.6 is 27.5 Å². The molecule has 0 aliphatic heterocycles. The van der Waals surface area contributed by atoms with E-state index in [0.717, 1.165) is 15.1 Å². The van der Waals surface area contributed by atoms with Gasteiger partial charge in [-0.2, -0.15) is 0 Å². The van der Waals surface area contributed by atoms with Gasteiger partial charge in [0.25, 0.3) is 0 Å². The first-order chi connectivity index (χ1) is 13.1. The summed E-state index contributed by atoms with van der Waals surface area (Å²) in [4.78, 5) is 0. The van der Waals surface area contributed by atoms with E-state index in [4.69, 9.17) is 11.6 Å². The van der Waals surface area contributed by atoms with Gasteiger partial charge in [0, 0.05) is 9.50 Å². The molecule has 0 aromatic heterocycles. The second-order valence-electron chi connectivity index (χ2n) is 6.62. The van der Waals surface area contributed by atoms with Gasteiger partial charge in [0.15, 0.2) is 0 Å². The van der Waals surface area contributed by atoms with Crippen LogP contribution in [0.25, 0.3) is 33.4 Å². The van der Waals surface area contributed by atoms with Gasteiger partial charge in [0.05, 0.1) is 0 Å². The number of hydrogen-bond donors (Lipinski definition) is 0. The maximum Gasteiger partial charge on any atom is 0.0406 e. The SMILES string of the molecule is Cc1ccc(-c2ccc(Cl)cc2)c(-c2ccc(-c3ccccc3)cc2Br)c1. The highest BCUT2D eigenvalue weighted by Crippen LogP contribution is 2.38. The van der Waals surface area contributed by atoms with Crippen molar-refractivity contribution in [1.29, 1.82) is 0 Å². The Morgan fingerprint density at radius 2 is 1.26 bits per heavy atom. The van der Waals surface area contributed by atoms with E-state index in [1.54, 1.807) is 0 Å². The van der Waals surface area contributed by atoms with Crippen molar-refractivity contribution in [2.75, 3.05) is 0 Å². The van der Waals surface area contributed by atoms with Gasteiger partial charge >= 0.3 is 0 Å². The maximum absolute atomic E-state index is 6.07. The highest BCUT2D eigenvalue weighted by atomic mass is 79.9. The molecule has 0 aliphatic rings. The first-order valence-electron chi connectivity index (χ1n) is 8.84. The van der Waals surface area contributed by atoms with E-state index in [1.165, 1.54) is 33.4 Å². The van der Waals surface area contributed by atoms with E-state index in [-0.39, 0.29) is 0 Å². The van der Waals surface area contributed by atoms with Crippen LogP contribution in [-0.2, 0) is 0 Å². The predicted molar refractivity (Wildman–Crippen MR) is 120 cm³/mol. The highest BCUT2D eigenvalue weighted by Gasteiger charge is 2.12. The minimum atomic E-state index is 0.751. The fourth-order valence-electron chi connectivity index (χ4n) is 3.31. The summed E-state index contributed by atoms with van der Waals surface area (Å²) in [5, 5.41) is 0.751. The van der Waals surface area contributed by atoms with Gasteiger partial charge in [-0.1, -0.05) is 106 Å². The summed E-state index contributed by atoms with van der Waals surface area (Å²) in [5.74, 6) is 0. The Bertz CT molecular complexity index is 1080. The first kappa shape index (κ1) is 18.0. The Labute approximate surface area is 173 Å². The van der Waals surface area contributed by atoms with E-state index < -0.39 is 0 Å². The standard InChI is InChI=1S/C25H18BrCl/c1-17-7-13-22(19-8-11-21(27)12-9-19)24(15-17)23-14-10-20(16-25(23)26)18-5-3-2-4-6-18/h2-16H,1H3. The van der Waals surface area contributed by atoms with Crippen LogP contribution in [0.2, 0.25) is 5.02 Å². The van der Waals surface area contributed by atoms with Crippen molar-refractivity contribution in [3.63, 3.8) is 0 Å². The van der Waals surface area contributed by atoms with Gasteiger partial charge in [0.2, 0.25) is 0 Å². The Morgan fingerprint density at radius 3 is 1.96 bits per heavy atom. The number of hydrogen-bond acceptors (Lipinski definition) is 0. The van der Waals surface area contributed by atoms with Crippen LogP contribution in [0.5, 0.6) is 0 Å². The van der Waals surface area contributed by atoms with E-state index >= 15 is 0 Å². The summed E-state index contributed by atoms with van der Waals surface area (Å²) < 4.78 is 1.09. The molecule has 0 heterocycles. The van der Waals surface area contributed by atoms with Crippen molar-refractivity contribution in [2.45, 2.75) is 6.92 Å². The fourth-order valence-corrected chi connectivity index (χ4v) is 4.02. The molecule has 4 aromatic rings. The minimum absolute atomic E-state index is 0.751. The molecule has 0 saturated heterocycles. The molecule has 0 radical (unpaired) electrons. The molecule has 2 heteroatoms. The first-order valence-corrected chi connectivity index (χ1v) is 10.0. The monoisotopic (exact) mass is 432 g/mol. The summed E-state index contributed by atoms with van der Waals surface area (Å²) in [6, 6.07) is 31.6. The van der Waals surface area contributed by atoms with Crippen LogP contribution in [-0.4, -0.2) is 0 Å². The van der Waals surface area contributed by atoms with E-state index in [0.29, 0.717) is 0 Å². The molecule has 0 spiro atoms. The van der Waals surface area contributed by atoms with Crippen LogP contribution in [0.1, 0.15) is 5.56 Å². The molecule has 0 N–H and O–H groups in total. The third kappa shape index (κ3) is 3.85. The van der Waals surface area contributed by atoms with Gasteiger partial charge in [-0.25, -0.2) is 0 Å². The van der Waals surface area contributed by atoms with Gasteiger partial charge in [-0.15, -0.1) is 0 Å². The highest BCUT2D eigenvalue weighted by molar-refractivity contribution is 9.10. The number of rotatable bonds is 3. The molecule has 4 rings (SSSR count). The second-order valence-corrected chi connectivity index (χ2v) is 7.91. The average Bonchev–Trinajstić information content (AvgIpc) is 2.69. The van der Waals surface area contributed by atoms with Crippen LogP contribution in [0.3, 0.4) is 0 Å². The molecule has 0 aliphatic carbocycles. The van der Waals surface area contributed by atoms with Crippen molar-refractivity contribution in [2.24, 2.45) is 0 Å². The zero-order valence-corrected chi connectivity index (χ0v) is 17.3. The molecular weight excluding hydrogens is 416 g/mol. The zero-order valence-electron chi connectivity index (χ0n) is 14.9. The molecule has 0 unspecified atom stereocenters. The van der Waals surface area contributed by atoms with Crippen molar-refractivity contribution in [3.8, 4) is 33.4 Å². The molecular formula is C25H18BrCl. The van der Waals surface area contributed by atoms with Gasteiger partial charge in [-0.3, -0.25) is 0 Å². The summed E-state index contributed by atoms with van der Waals surface area (Å²) >= 11 is 9.88. The minimum Gasteiger partial charge on any atom is -0.0843 e. The van der Waals surface area contributed by atoms with Gasteiger partial charge < -0.3 is 0 Å². The summed E-state index contributed by atoms with van der Waals surface area (Å²) in [6.45, 7) is 2.13. The van der Waals surface area contributed by atoms with E-state index in [2.05, 4.69) is 95.7 Å². The van der Waals surface area contributed by atoms with Crippen LogP contribution in [0, 0.1) is 6.92 Å². The molecule has 0 atom stereocenters. The number of aryl methyl sites for hydroxylation is 1. The summed E-state index contributed by atoms with van der Waals surface area (Å²) in [7, 11) is 0. The topological polar surface area (TPSA) is 0 Å². The largest absolute Gasteiger partial charge is 0.0843 e. The quantitative estimate of drug-likeness (QED) is 0.304. The summed E-state index contributed by atoms with van der Waals surface area (Å²) in [5.41, 5.74) is 8.41. The lowest BCUT2D eigenvalue weighted by Gasteiger charge is -2.14. The Kier molecular flexibility index (Phi) is 5.15. The Hall–Kier alpha value is -2.35. The predicted octanol–water partition coefficient (Wildman–Crippen LogP) is 8.41. The van der Waals surface area contributed by atoms with Gasteiger partial charge in [-0.05, 0) is 58.5 Å². The molecule has 4 aromatic carbocycles. The molecule has 0 fully saturated rings. The van der Waals surface area contributed by atoms with E-state index in [9.17, 15) is 0 Å². The lowest BCUT2D eigenvalue weighted by molar-refractivity contribution is 1.45. The zero-order chi connectivity index (χ0) is 18.8. The fraction of sp³-hybridized carbons (Fsp3) is 0.0400. The Morgan fingerprint density at radius 1 is 0.593 bits per heavy atom. The molecule has 27 heavy (non-hydrogen) atoms. The van der Waals surface area contributed by atoms with Crippen LogP contribution < -0.4 is 0 Å².